The lowest BCUT2D eigenvalue weighted by Gasteiger charge is -2.34. The fraction of sp³-hybridized carbons (Fsp3) is 0.318. The number of aromatic nitrogens is 2. The Morgan fingerprint density at radius 1 is 1.10 bits per heavy atom. The van der Waals surface area contributed by atoms with Crippen LogP contribution in [-0.2, 0) is 6.18 Å². The number of rotatable bonds is 5. The number of nitrogens with one attached hydrogen (secondary N) is 1. The average molecular weight is 446 g/mol. The molecule has 1 saturated heterocycles. The molecule has 1 unspecified atom stereocenters. The predicted octanol–water partition coefficient (Wildman–Crippen LogP) is 4.54. The Bertz CT molecular complexity index is 986. The number of nitrogens with zero attached hydrogens (tertiary/aromatic N) is 3. The first-order valence-electron chi connectivity index (χ1n) is 9.94. The minimum atomic E-state index is -4.37. The molecule has 3 heterocycles. The molecule has 0 radical (unpaired) electrons. The Morgan fingerprint density at radius 2 is 1.84 bits per heavy atom. The summed E-state index contributed by atoms with van der Waals surface area (Å²) in [7, 11) is 0. The maximum absolute atomic E-state index is 13.0. The van der Waals surface area contributed by atoms with Crippen molar-refractivity contribution < 1.29 is 18.0 Å². The lowest BCUT2D eigenvalue weighted by molar-refractivity contribution is -0.137. The zero-order valence-corrected chi connectivity index (χ0v) is 17.4. The van der Waals surface area contributed by atoms with Crippen LogP contribution < -0.4 is 5.32 Å². The summed E-state index contributed by atoms with van der Waals surface area (Å²) in [5.41, 5.74) is 0.945. The van der Waals surface area contributed by atoms with E-state index in [9.17, 15) is 18.0 Å². The lowest BCUT2D eigenvalue weighted by Crippen LogP contribution is -2.46. The van der Waals surface area contributed by atoms with E-state index in [1.165, 1.54) is 23.5 Å². The van der Waals surface area contributed by atoms with Crippen LogP contribution in [0.15, 0.2) is 60.4 Å². The molecule has 1 atom stereocenters. The summed E-state index contributed by atoms with van der Waals surface area (Å²) in [6, 6.07) is 8.77. The van der Waals surface area contributed by atoms with Crippen molar-refractivity contribution in [1.29, 1.82) is 0 Å². The van der Waals surface area contributed by atoms with Gasteiger partial charge in [0.05, 0.1) is 11.6 Å². The van der Waals surface area contributed by atoms with Crippen LogP contribution in [0.25, 0.3) is 0 Å². The molecule has 162 valence electrons. The number of amides is 1. The standard InChI is InChI=1S/C22H21F3N4OS/c23-22(24,25)17-5-3-15(4-6-17)19(16-2-1-9-26-14-16)28-18-7-11-29(12-8-18)21(30)20-27-10-13-31-20/h1-6,9-10,13-14,18-19,28H,7-8,11-12H2. The summed E-state index contributed by atoms with van der Waals surface area (Å²) in [6.07, 6.45) is 2.12. The van der Waals surface area contributed by atoms with Gasteiger partial charge in [-0.2, -0.15) is 13.2 Å². The van der Waals surface area contributed by atoms with E-state index in [2.05, 4.69) is 15.3 Å². The Hall–Kier alpha value is -2.78. The fourth-order valence-corrected chi connectivity index (χ4v) is 4.35. The number of hydrogen-bond acceptors (Lipinski definition) is 5. The van der Waals surface area contributed by atoms with Crippen LogP contribution in [0.1, 0.15) is 45.4 Å². The fourth-order valence-electron chi connectivity index (χ4n) is 3.75. The van der Waals surface area contributed by atoms with Gasteiger partial charge in [0.1, 0.15) is 0 Å². The molecule has 1 aromatic carbocycles. The third kappa shape index (κ3) is 5.11. The number of alkyl halides is 3. The topological polar surface area (TPSA) is 58.1 Å². The van der Waals surface area contributed by atoms with E-state index in [1.807, 2.05) is 12.1 Å². The Labute approximate surface area is 182 Å². The summed E-state index contributed by atoms with van der Waals surface area (Å²) in [5, 5.41) is 5.84. The largest absolute Gasteiger partial charge is 0.416 e. The number of piperidine rings is 1. The van der Waals surface area contributed by atoms with Crippen LogP contribution >= 0.6 is 11.3 Å². The zero-order valence-electron chi connectivity index (χ0n) is 16.5. The average Bonchev–Trinajstić information content (AvgIpc) is 3.32. The second kappa shape index (κ2) is 9.15. The van der Waals surface area contributed by atoms with Gasteiger partial charge in [0.2, 0.25) is 0 Å². The minimum absolute atomic E-state index is 0.0556. The molecule has 1 aliphatic heterocycles. The number of carbonyl (C=O) groups excluding carboxylic acids is 1. The van der Waals surface area contributed by atoms with Gasteiger partial charge in [-0.1, -0.05) is 18.2 Å². The van der Waals surface area contributed by atoms with Crippen LogP contribution in [0, 0.1) is 0 Å². The van der Waals surface area contributed by atoms with Crippen molar-refractivity contribution in [3.05, 3.63) is 82.1 Å². The molecule has 9 heteroatoms. The van der Waals surface area contributed by atoms with Crippen molar-refractivity contribution >= 4 is 17.2 Å². The van der Waals surface area contributed by atoms with E-state index in [-0.39, 0.29) is 18.0 Å². The quantitative estimate of drug-likeness (QED) is 0.625. The molecule has 0 aliphatic carbocycles. The monoisotopic (exact) mass is 446 g/mol. The normalized spacial score (nSPS) is 16.3. The first kappa shape index (κ1) is 21.5. The summed E-state index contributed by atoms with van der Waals surface area (Å²) >= 11 is 1.33. The molecule has 0 spiro atoms. The van der Waals surface area contributed by atoms with Gasteiger partial charge in [0, 0.05) is 43.1 Å². The number of carbonyl (C=O) groups is 1. The molecular weight excluding hydrogens is 425 g/mol. The van der Waals surface area contributed by atoms with E-state index in [0.29, 0.717) is 18.1 Å². The molecule has 1 fully saturated rings. The van der Waals surface area contributed by atoms with Crippen LogP contribution in [0.2, 0.25) is 0 Å². The highest BCUT2D eigenvalue weighted by Crippen LogP contribution is 2.31. The highest BCUT2D eigenvalue weighted by molar-refractivity contribution is 7.11. The minimum Gasteiger partial charge on any atom is -0.336 e. The van der Waals surface area contributed by atoms with Gasteiger partial charge >= 0.3 is 6.18 Å². The summed E-state index contributed by atoms with van der Waals surface area (Å²) in [6.45, 7) is 1.20. The van der Waals surface area contributed by atoms with Crippen LogP contribution in [0.5, 0.6) is 0 Å². The first-order chi connectivity index (χ1) is 14.9. The Balaban J connectivity index is 1.47. The molecule has 0 saturated carbocycles. The molecule has 31 heavy (non-hydrogen) atoms. The van der Waals surface area contributed by atoms with E-state index >= 15 is 0 Å². The van der Waals surface area contributed by atoms with Crippen molar-refractivity contribution in [3.63, 3.8) is 0 Å². The number of thiazole rings is 1. The molecule has 3 aromatic rings. The second-order valence-corrected chi connectivity index (χ2v) is 8.30. The number of hydrogen-bond donors (Lipinski definition) is 1. The molecule has 0 bridgehead atoms. The van der Waals surface area contributed by atoms with Gasteiger partial charge in [0.15, 0.2) is 5.01 Å². The van der Waals surface area contributed by atoms with Gasteiger partial charge < -0.3 is 10.2 Å². The number of likely N-dealkylation sites (tertiary alicyclic amines) is 1. The molecule has 1 amide bonds. The van der Waals surface area contributed by atoms with Crippen LogP contribution in [-0.4, -0.2) is 39.9 Å². The lowest BCUT2D eigenvalue weighted by atomic mass is 9.95. The predicted molar refractivity (Wildman–Crippen MR) is 112 cm³/mol. The SMILES string of the molecule is O=C(c1nccs1)N1CCC(NC(c2ccc(C(F)(F)F)cc2)c2cccnc2)CC1. The van der Waals surface area contributed by atoms with E-state index in [4.69, 9.17) is 0 Å². The molecule has 5 nitrogen and oxygen atoms in total. The molecular formula is C22H21F3N4OS. The van der Waals surface area contributed by atoms with Gasteiger partial charge in [-0.25, -0.2) is 4.98 Å². The van der Waals surface area contributed by atoms with Crippen molar-refractivity contribution in [2.45, 2.75) is 31.1 Å². The third-order valence-corrected chi connectivity index (χ3v) is 6.15. The highest BCUT2D eigenvalue weighted by Gasteiger charge is 2.31. The molecule has 1 aliphatic rings. The number of halogens is 3. The van der Waals surface area contributed by atoms with Gasteiger partial charge in [-0.15, -0.1) is 11.3 Å². The van der Waals surface area contributed by atoms with Crippen molar-refractivity contribution in [1.82, 2.24) is 20.2 Å². The van der Waals surface area contributed by atoms with Crippen molar-refractivity contribution in [2.24, 2.45) is 0 Å². The molecule has 1 N–H and O–H groups in total. The van der Waals surface area contributed by atoms with Crippen molar-refractivity contribution in [2.75, 3.05) is 13.1 Å². The van der Waals surface area contributed by atoms with Crippen LogP contribution in [0.4, 0.5) is 13.2 Å². The van der Waals surface area contributed by atoms with Gasteiger partial charge in [0.25, 0.3) is 5.91 Å². The van der Waals surface area contributed by atoms with Gasteiger partial charge in [-0.05, 0) is 42.2 Å². The van der Waals surface area contributed by atoms with E-state index in [1.54, 1.807) is 28.9 Å². The maximum Gasteiger partial charge on any atom is 0.416 e. The highest BCUT2D eigenvalue weighted by atomic mass is 32.1. The Morgan fingerprint density at radius 3 is 2.42 bits per heavy atom. The van der Waals surface area contributed by atoms with Crippen LogP contribution in [0.3, 0.4) is 0 Å². The zero-order chi connectivity index (χ0) is 21.8. The molecule has 4 rings (SSSR count). The molecule has 2 aromatic heterocycles. The van der Waals surface area contributed by atoms with E-state index < -0.39 is 11.7 Å². The Kier molecular flexibility index (Phi) is 6.33. The van der Waals surface area contributed by atoms with Gasteiger partial charge in [-0.3, -0.25) is 9.78 Å². The summed E-state index contributed by atoms with van der Waals surface area (Å²) in [5.74, 6) is -0.0556. The second-order valence-electron chi connectivity index (χ2n) is 7.41. The first-order valence-corrected chi connectivity index (χ1v) is 10.8. The summed E-state index contributed by atoms with van der Waals surface area (Å²) < 4.78 is 38.9. The number of benzene rings is 1. The smallest absolute Gasteiger partial charge is 0.336 e. The number of pyridine rings is 1. The summed E-state index contributed by atoms with van der Waals surface area (Å²) in [4.78, 5) is 22.6. The van der Waals surface area contributed by atoms with Crippen molar-refractivity contribution in [3.8, 4) is 0 Å². The third-order valence-electron chi connectivity index (χ3n) is 5.39. The maximum atomic E-state index is 13.0. The van der Waals surface area contributed by atoms with E-state index in [0.717, 1.165) is 36.1 Å².